The fourth-order valence-electron chi connectivity index (χ4n) is 2.18. The van der Waals surface area contributed by atoms with Crippen molar-refractivity contribution in [2.75, 3.05) is 5.32 Å². The van der Waals surface area contributed by atoms with Gasteiger partial charge in [-0.1, -0.05) is 30.3 Å². The van der Waals surface area contributed by atoms with E-state index >= 15 is 0 Å². The van der Waals surface area contributed by atoms with Gasteiger partial charge in [-0.3, -0.25) is 0 Å². The lowest BCUT2D eigenvalue weighted by atomic mass is 10.2. The first kappa shape index (κ1) is 13.7. The molecule has 1 N–H and O–H groups in total. The predicted molar refractivity (Wildman–Crippen MR) is 86.4 cm³/mol. The minimum Gasteiger partial charge on any atom is -0.375 e. The summed E-state index contributed by atoms with van der Waals surface area (Å²) in [6.07, 6.45) is 3.64. The van der Waals surface area contributed by atoms with Crippen molar-refractivity contribution in [1.29, 1.82) is 0 Å². The van der Waals surface area contributed by atoms with Crippen LogP contribution in [-0.2, 0) is 0 Å². The Kier molecular flexibility index (Phi) is 3.92. The molecule has 0 saturated heterocycles. The highest BCUT2D eigenvalue weighted by Crippen LogP contribution is 2.25. The fourth-order valence-corrected chi connectivity index (χ4v) is 2.99. The van der Waals surface area contributed by atoms with Gasteiger partial charge in [0.1, 0.15) is 0 Å². The number of nitrogens with zero attached hydrogens (tertiary/aromatic N) is 3. The molecule has 1 aromatic carbocycles. The molecule has 106 valence electrons. The maximum absolute atomic E-state index is 4.42. The first-order valence-corrected chi connectivity index (χ1v) is 7.66. The maximum atomic E-state index is 4.42. The van der Waals surface area contributed by atoms with E-state index in [0.717, 1.165) is 22.8 Å². The van der Waals surface area contributed by atoms with Gasteiger partial charge in [0.25, 0.3) is 0 Å². The molecule has 0 spiro atoms. The van der Waals surface area contributed by atoms with Gasteiger partial charge in [0.15, 0.2) is 5.82 Å². The summed E-state index contributed by atoms with van der Waals surface area (Å²) in [6.45, 7) is 4.14. The molecular formula is C16H16N4S. The van der Waals surface area contributed by atoms with Crippen molar-refractivity contribution in [3.05, 3.63) is 58.8 Å². The number of aromatic nitrogens is 3. The van der Waals surface area contributed by atoms with E-state index in [1.807, 2.05) is 55.2 Å². The van der Waals surface area contributed by atoms with Crippen LogP contribution in [0.2, 0.25) is 0 Å². The standard InChI is InChI=1S/C16H16N4S/c1-11-15(21-10-19-11)12(2)20-14-8-17-16(18-9-14)13-6-4-3-5-7-13/h3-10,12,20H,1-2H3. The van der Waals surface area contributed by atoms with Crippen molar-refractivity contribution in [2.45, 2.75) is 19.9 Å². The van der Waals surface area contributed by atoms with Gasteiger partial charge in [-0.25, -0.2) is 15.0 Å². The van der Waals surface area contributed by atoms with Gasteiger partial charge < -0.3 is 5.32 Å². The van der Waals surface area contributed by atoms with Crippen LogP contribution in [0.4, 0.5) is 5.69 Å². The summed E-state index contributed by atoms with van der Waals surface area (Å²) in [5.41, 5.74) is 4.88. The second kappa shape index (κ2) is 6.01. The number of hydrogen-bond donors (Lipinski definition) is 1. The molecular weight excluding hydrogens is 280 g/mol. The van der Waals surface area contributed by atoms with Crippen LogP contribution in [0.25, 0.3) is 11.4 Å². The molecule has 5 heteroatoms. The van der Waals surface area contributed by atoms with Gasteiger partial charge in [-0.15, -0.1) is 11.3 Å². The maximum Gasteiger partial charge on any atom is 0.159 e. The van der Waals surface area contributed by atoms with Crippen LogP contribution >= 0.6 is 11.3 Å². The lowest BCUT2D eigenvalue weighted by Gasteiger charge is -2.14. The Balaban J connectivity index is 1.75. The predicted octanol–water partition coefficient (Wildman–Crippen LogP) is 4.08. The summed E-state index contributed by atoms with van der Waals surface area (Å²) in [7, 11) is 0. The summed E-state index contributed by atoms with van der Waals surface area (Å²) >= 11 is 1.66. The first-order valence-electron chi connectivity index (χ1n) is 6.78. The molecule has 0 fully saturated rings. The third-order valence-electron chi connectivity index (χ3n) is 3.24. The number of thiazole rings is 1. The van der Waals surface area contributed by atoms with Crippen LogP contribution in [0.3, 0.4) is 0 Å². The summed E-state index contributed by atoms with van der Waals surface area (Å²) in [5.74, 6) is 0.739. The Labute approximate surface area is 127 Å². The summed E-state index contributed by atoms with van der Waals surface area (Å²) in [5, 5.41) is 3.41. The Bertz CT molecular complexity index is 707. The molecule has 0 bridgehead atoms. The minimum atomic E-state index is 0.198. The molecule has 0 aliphatic heterocycles. The normalized spacial score (nSPS) is 12.1. The van der Waals surface area contributed by atoms with Crippen LogP contribution in [-0.4, -0.2) is 15.0 Å². The number of aryl methyl sites for hydroxylation is 1. The zero-order chi connectivity index (χ0) is 14.7. The number of rotatable bonds is 4. The molecule has 21 heavy (non-hydrogen) atoms. The average Bonchev–Trinajstić information content (AvgIpc) is 2.95. The third-order valence-corrected chi connectivity index (χ3v) is 4.36. The topological polar surface area (TPSA) is 50.7 Å². The van der Waals surface area contributed by atoms with E-state index in [2.05, 4.69) is 27.2 Å². The zero-order valence-electron chi connectivity index (χ0n) is 11.9. The van der Waals surface area contributed by atoms with Crippen molar-refractivity contribution in [2.24, 2.45) is 0 Å². The number of benzene rings is 1. The van der Waals surface area contributed by atoms with Gasteiger partial charge in [0.2, 0.25) is 0 Å². The minimum absolute atomic E-state index is 0.198. The lowest BCUT2D eigenvalue weighted by molar-refractivity contribution is 0.886. The highest BCUT2D eigenvalue weighted by Gasteiger charge is 2.11. The first-order chi connectivity index (χ1) is 10.2. The quantitative estimate of drug-likeness (QED) is 0.788. The molecule has 1 atom stereocenters. The second-order valence-electron chi connectivity index (χ2n) is 4.83. The van der Waals surface area contributed by atoms with E-state index in [-0.39, 0.29) is 6.04 Å². The summed E-state index contributed by atoms with van der Waals surface area (Å²) in [4.78, 5) is 14.4. The third kappa shape index (κ3) is 3.08. The molecule has 0 saturated carbocycles. The highest BCUT2D eigenvalue weighted by atomic mass is 32.1. The van der Waals surface area contributed by atoms with Crippen molar-refractivity contribution < 1.29 is 0 Å². The smallest absolute Gasteiger partial charge is 0.159 e. The Hall–Kier alpha value is -2.27. The highest BCUT2D eigenvalue weighted by molar-refractivity contribution is 7.09. The van der Waals surface area contributed by atoms with Crippen LogP contribution in [0.15, 0.2) is 48.2 Å². The van der Waals surface area contributed by atoms with Crippen LogP contribution in [0.5, 0.6) is 0 Å². The Morgan fingerprint density at radius 2 is 1.76 bits per heavy atom. The van der Waals surface area contributed by atoms with Gasteiger partial charge >= 0.3 is 0 Å². The molecule has 3 aromatic rings. The van der Waals surface area contributed by atoms with Gasteiger partial charge in [0.05, 0.1) is 35.3 Å². The van der Waals surface area contributed by atoms with Crippen LogP contribution < -0.4 is 5.32 Å². The van der Waals surface area contributed by atoms with Gasteiger partial charge in [0, 0.05) is 10.4 Å². The SMILES string of the molecule is Cc1ncsc1C(C)Nc1cnc(-c2ccccc2)nc1. The zero-order valence-corrected chi connectivity index (χ0v) is 12.8. The van der Waals surface area contributed by atoms with Crippen molar-refractivity contribution >= 4 is 17.0 Å². The van der Waals surface area contributed by atoms with E-state index in [9.17, 15) is 0 Å². The number of anilines is 1. The lowest BCUT2D eigenvalue weighted by Crippen LogP contribution is -2.07. The Morgan fingerprint density at radius 3 is 2.38 bits per heavy atom. The van der Waals surface area contributed by atoms with E-state index in [4.69, 9.17) is 0 Å². The molecule has 0 aliphatic rings. The van der Waals surface area contributed by atoms with E-state index in [1.54, 1.807) is 11.3 Å². The van der Waals surface area contributed by atoms with Gasteiger partial charge in [-0.2, -0.15) is 0 Å². The van der Waals surface area contributed by atoms with Crippen LogP contribution in [0.1, 0.15) is 23.5 Å². The monoisotopic (exact) mass is 296 g/mol. The molecule has 0 radical (unpaired) electrons. The number of hydrogen-bond acceptors (Lipinski definition) is 5. The molecule has 2 aromatic heterocycles. The van der Waals surface area contributed by atoms with Crippen molar-refractivity contribution in [1.82, 2.24) is 15.0 Å². The van der Waals surface area contributed by atoms with Crippen molar-refractivity contribution in [3.8, 4) is 11.4 Å². The summed E-state index contributed by atoms with van der Waals surface area (Å²) < 4.78 is 0. The molecule has 1 unspecified atom stereocenters. The average molecular weight is 296 g/mol. The molecule has 2 heterocycles. The Morgan fingerprint density at radius 1 is 1.05 bits per heavy atom. The van der Waals surface area contributed by atoms with Crippen molar-refractivity contribution in [3.63, 3.8) is 0 Å². The van der Waals surface area contributed by atoms with E-state index < -0.39 is 0 Å². The molecule has 3 rings (SSSR count). The van der Waals surface area contributed by atoms with E-state index in [0.29, 0.717) is 0 Å². The largest absolute Gasteiger partial charge is 0.375 e. The summed E-state index contributed by atoms with van der Waals surface area (Å²) in [6, 6.07) is 10.2. The van der Waals surface area contributed by atoms with Crippen LogP contribution in [0, 0.1) is 6.92 Å². The second-order valence-corrected chi connectivity index (χ2v) is 5.72. The molecule has 4 nitrogen and oxygen atoms in total. The molecule has 0 amide bonds. The fraction of sp³-hybridized carbons (Fsp3) is 0.188. The molecule has 0 aliphatic carbocycles. The number of nitrogens with one attached hydrogen (secondary N) is 1. The van der Waals surface area contributed by atoms with E-state index in [1.165, 1.54) is 4.88 Å². The van der Waals surface area contributed by atoms with Gasteiger partial charge in [-0.05, 0) is 13.8 Å².